The number of rotatable bonds is 6. The Morgan fingerprint density at radius 3 is 2.53 bits per heavy atom. The molecule has 6 nitrogen and oxygen atoms in total. The van der Waals surface area contributed by atoms with Crippen LogP contribution in [0.3, 0.4) is 0 Å². The summed E-state index contributed by atoms with van der Waals surface area (Å²) in [4.78, 5) is 23.1. The highest BCUT2D eigenvalue weighted by Crippen LogP contribution is 2.33. The van der Waals surface area contributed by atoms with Crippen LogP contribution < -0.4 is 15.0 Å². The maximum Gasteiger partial charge on any atom is 0.246 e. The van der Waals surface area contributed by atoms with Gasteiger partial charge in [0.15, 0.2) is 0 Å². The number of aromatic nitrogens is 2. The fourth-order valence-electron chi connectivity index (χ4n) is 3.55. The SMILES string of the molecule is C.Cc1nc(CCc2ccc(OCc3ccc(F)cc3)nc2)cc2c1NC(=O)[C@H](C)N2C. The lowest BCUT2D eigenvalue weighted by atomic mass is 10.1. The number of benzene rings is 1. The third-order valence-corrected chi connectivity index (χ3v) is 5.59. The molecule has 7 heteroatoms. The van der Waals surface area contributed by atoms with Crippen molar-refractivity contribution in [2.24, 2.45) is 0 Å². The van der Waals surface area contributed by atoms with E-state index in [4.69, 9.17) is 4.74 Å². The van der Waals surface area contributed by atoms with Crippen LogP contribution >= 0.6 is 0 Å². The number of likely N-dealkylation sites (N-methyl/N-ethyl adjacent to an activating group) is 1. The number of nitrogens with one attached hydrogen (secondary N) is 1. The smallest absolute Gasteiger partial charge is 0.246 e. The molecule has 168 valence electrons. The molecule has 0 bridgehead atoms. The number of carbonyl (C=O) groups excluding carboxylic acids is 1. The summed E-state index contributed by atoms with van der Waals surface area (Å²) in [5, 5.41) is 2.96. The van der Waals surface area contributed by atoms with E-state index in [9.17, 15) is 9.18 Å². The van der Waals surface area contributed by atoms with Gasteiger partial charge in [-0.1, -0.05) is 25.6 Å². The van der Waals surface area contributed by atoms with Gasteiger partial charge in [-0.25, -0.2) is 9.37 Å². The average molecular weight is 437 g/mol. The van der Waals surface area contributed by atoms with Gasteiger partial charge in [0.1, 0.15) is 18.5 Å². The molecular formula is C25H29FN4O2. The van der Waals surface area contributed by atoms with Gasteiger partial charge < -0.3 is 15.0 Å². The molecule has 32 heavy (non-hydrogen) atoms. The van der Waals surface area contributed by atoms with E-state index in [1.165, 1.54) is 12.1 Å². The standard InChI is InChI=1S/C24H25FN4O2.CH4/c1-15-23-21(29(3)16(2)24(30)28-23)12-20(27-15)10-6-17-7-11-22(26-13-17)31-14-18-4-8-19(25)9-5-18;/h4-5,7-9,11-13,16H,6,10,14H2,1-3H3,(H,28,30);1H4/t16-;/m0./s1. The average Bonchev–Trinajstić information content (AvgIpc) is 2.77. The Hall–Kier alpha value is -3.48. The van der Waals surface area contributed by atoms with Crippen molar-refractivity contribution in [1.29, 1.82) is 0 Å². The topological polar surface area (TPSA) is 67.4 Å². The first-order valence-electron chi connectivity index (χ1n) is 10.3. The molecule has 1 amide bonds. The van der Waals surface area contributed by atoms with Crippen LogP contribution in [-0.2, 0) is 24.2 Å². The van der Waals surface area contributed by atoms with Crippen LogP contribution in [0.5, 0.6) is 5.88 Å². The zero-order valence-corrected chi connectivity index (χ0v) is 17.9. The van der Waals surface area contributed by atoms with Crippen molar-refractivity contribution < 1.29 is 13.9 Å². The van der Waals surface area contributed by atoms with Crippen LogP contribution in [0, 0.1) is 12.7 Å². The lowest BCUT2D eigenvalue weighted by molar-refractivity contribution is -0.117. The van der Waals surface area contributed by atoms with Crippen LogP contribution in [0.25, 0.3) is 0 Å². The van der Waals surface area contributed by atoms with E-state index in [1.807, 2.05) is 44.0 Å². The molecule has 2 aromatic heterocycles. The highest BCUT2D eigenvalue weighted by Gasteiger charge is 2.28. The van der Waals surface area contributed by atoms with E-state index in [0.717, 1.165) is 46.7 Å². The van der Waals surface area contributed by atoms with Crippen molar-refractivity contribution in [3.63, 3.8) is 0 Å². The van der Waals surface area contributed by atoms with Gasteiger partial charge >= 0.3 is 0 Å². The molecule has 1 aliphatic rings. The third kappa shape index (κ3) is 5.04. The van der Waals surface area contributed by atoms with Gasteiger partial charge in [0.2, 0.25) is 11.8 Å². The summed E-state index contributed by atoms with van der Waals surface area (Å²) in [5.41, 5.74) is 5.55. The number of hydrogen-bond donors (Lipinski definition) is 1. The quantitative estimate of drug-likeness (QED) is 0.607. The second-order valence-electron chi connectivity index (χ2n) is 7.79. The summed E-state index contributed by atoms with van der Waals surface area (Å²) < 4.78 is 18.6. The molecule has 0 aliphatic carbocycles. The molecule has 4 rings (SSSR count). The molecular weight excluding hydrogens is 407 g/mol. The normalized spacial score (nSPS) is 14.9. The fraction of sp³-hybridized carbons (Fsp3) is 0.320. The molecule has 0 fully saturated rings. The van der Waals surface area contributed by atoms with E-state index >= 15 is 0 Å². The summed E-state index contributed by atoms with van der Waals surface area (Å²) >= 11 is 0. The molecule has 3 heterocycles. The lowest BCUT2D eigenvalue weighted by Crippen LogP contribution is -2.44. The van der Waals surface area contributed by atoms with E-state index in [2.05, 4.69) is 15.3 Å². The van der Waals surface area contributed by atoms with Gasteiger partial charge in [-0.15, -0.1) is 0 Å². The molecule has 0 radical (unpaired) electrons. The van der Waals surface area contributed by atoms with Gasteiger partial charge in [-0.3, -0.25) is 9.78 Å². The Balaban J connectivity index is 0.00000289. The van der Waals surface area contributed by atoms with Gasteiger partial charge in [0.25, 0.3) is 0 Å². The number of pyridine rings is 2. The Morgan fingerprint density at radius 1 is 1.12 bits per heavy atom. The van der Waals surface area contributed by atoms with Crippen LogP contribution in [-0.4, -0.2) is 29.0 Å². The second kappa shape index (κ2) is 9.77. The molecule has 0 saturated heterocycles. The minimum Gasteiger partial charge on any atom is -0.473 e. The van der Waals surface area contributed by atoms with Crippen molar-refractivity contribution in [2.45, 2.75) is 46.8 Å². The maximum atomic E-state index is 13.0. The predicted molar refractivity (Wildman–Crippen MR) is 125 cm³/mol. The van der Waals surface area contributed by atoms with Gasteiger partial charge in [-0.05, 0) is 56.0 Å². The molecule has 0 saturated carbocycles. The largest absolute Gasteiger partial charge is 0.473 e. The maximum absolute atomic E-state index is 13.0. The second-order valence-corrected chi connectivity index (χ2v) is 7.79. The van der Waals surface area contributed by atoms with Crippen LogP contribution in [0.15, 0.2) is 48.7 Å². The predicted octanol–water partition coefficient (Wildman–Crippen LogP) is 4.70. The van der Waals surface area contributed by atoms with Gasteiger partial charge in [-0.2, -0.15) is 0 Å². The number of ether oxygens (including phenoxy) is 1. The Kier molecular flexibility index (Phi) is 7.08. The number of hydrogen-bond acceptors (Lipinski definition) is 5. The van der Waals surface area contributed by atoms with Crippen molar-refractivity contribution in [3.05, 3.63) is 77.0 Å². The van der Waals surface area contributed by atoms with Gasteiger partial charge in [0, 0.05) is 25.0 Å². The first-order chi connectivity index (χ1) is 14.9. The van der Waals surface area contributed by atoms with E-state index in [1.54, 1.807) is 18.3 Å². The van der Waals surface area contributed by atoms with Crippen molar-refractivity contribution in [2.75, 3.05) is 17.3 Å². The number of amides is 1. The minimum absolute atomic E-state index is 0. The number of carbonyl (C=O) groups is 1. The summed E-state index contributed by atoms with van der Waals surface area (Å²) in [6, 6.07) is 11.9. The van der Waals surface area contributed by atoms with Crippen LogP contribution in [0.4, 0.5) is 15.8 Å². The first-order valence-corrected chi connectivity index (χ1v) is 10.3. The van der Waals surface area contributed by atoms with E-state index in [-0.39, 0.29) is 25.2 Å². The van der Waals surface area contributed by atoms with E-state index < -0.39 is 0 Å². The lowest BCUT2D eigenvalue weighted by Gasteiger charge is -2.34. The number of nitrogens with zero attached hydrogens (tertiary/aromatic N) is 3. The van der Waals surface area contributed by atoms with Crippen molar-refractivity contribution in [1.82, 2.24) is 9.97 Å². The molecule has 1 aromatic carbocycles. The summed E-state index contributed by atoms with van der Waals surface area (Å²) in [5.74, 6) is 0.253. The zero-order valence-electron chi connectivity index (χ0n) is 17.9. The molecule has 0 spiro atoms. The Bertz CT molecular complexity index is 1080. The Labute approximate surface area is 188 Å². The molecule has 1 aliphatic heterocycles. The van der Waals surface area contributed by atoms with Gasteiger partial charge in [0.05, 0.1) is 17.1 Å². The highest BCUT2D eigenvalue weighted by molar-refractivity contribution is 6.03. The first kappa shape index (κ1) is 23.2. The highest BCUT2D eigenvalue weighted by atomic mass is 19.1. The fourth-order valence-corrected chi connectivity index (χ4v) is 3.55. The molecule has 0 unspecified atom stereocenters. The molecule has 1 N–H and O–H groups in total. The van der Waals surface area contributed by atoms with Crippen molar-refractivity contribution in [3.8, 4) is 5.88 Å². The monoisotopic (exact) mass is 436 g/mol. The number of anilines is 2. The number of halogens is 1. The molecule has 3 aromatic rings. The third-order valence-electron chi connectivity index (χ3n) is 5.59. The minimum atomic E-state index is -0.263. The Morgan fingerprint density at radius 2 is 1.84 bits per heavy atom. The van der Waals surface area contributed by atoms with Crippen molar-refractivity contribution >= 4 is 17.3 Å². The van der Waals surface area contributed by atoms with E-state index in [0.29, 0.717) is 12.5 Å². The summed E-state index contributed by atoms with van der Waals surface area (Å²) in [6.07, 6.45) is 3.36. The zero-order chi connectivity index (χ0) is 22.0. The van der Waals surface area contributed by atoms with Crippen LogP contribution in [0.1, 0.15) is 36.9 Å². The molecule has 1 atom stereocenters. The number of fused-ring (bicyclic) bond motifs is 1. The number of aryl methyl sites for hydroxylation is 3. The summed E-state index contributed by atoms with van der Waals surface area (Å²) in [7, 11) is 1.93. The van der Waals surface area contributed by atoms with Crippen LogP contribution in [0.2, 0.25) is 0 Å². The summed E-state index contributed by atoms with van der Waals surface area (Å²) in [6.45, 7) is 4.15.